The predicted octanol–water partition coefficient (Wildman–Crippen LogP) is 1.95. The number of carbonyl (C=O) groups is 7. The number of aromatic nitrogens is 1. The van der Waals surface area contributed by atoms with Crippen LogP contribution in [0.25, 0.3) is 17.0 Å². The number of esters is 3. The molecule has 0 spiro atoms. The molecule has 16 heteroatoms. The highest BCUT2D eigenvalue weighted by molar-refractivity contribution is 5.97. The van der Waals surface area contributed by atoms with Crippen LogP contribution in [-0.2, 0) is 60.7 Å². The average Bonchev–Trinajstić information content (AvgIpc) is 3.46. The molecule has 5 N–H and O–H groups in total. The van der Waals surface area contributed by atoms with Crippen LogP contribution in [0.5, 0.6) is 0 Å². The quantitative estimate of drug-likeness (QED) is 0.182. The minimum atomic E-state index is -1.57. The van der Waals surface area contributed by atoms with Gasteiger partial charge in [-0.2, -0.15) is 0 Å². The summed E-state index contributed by atoms with van der Waals surface area (Å²) in [5.41, 5.74) is 1.31. The van der Waals surface area contributed by atoms with Crippen LogP contribution >= 0.6 is 0 Å². The fourth-order valence-corrected chi connectivity index (χ4v) is 5.24. The maximum Gasteiger partial charge on any atom is 0.408 e. The molecule has 4 amide bonds. The zero-order valence-corrected chi connectivity index (χ0v) is 30.0. The Morgan fingerprint density at radius 2 is 1.58 bits per heavy atom. The third kappa shape index (κ3) is 11.7. The van der Waals surface area contributed by atoms with Crippen LogP contribution in [0.15, 0.2) is 60.7 Å². The molecule has 2 heterocycles. The van der Waals surface area contributed by atoms with Gasteiger partial charge in [0.25, 0.3) is 0 Å². The van der Waals surface area contributed by atoms with Crippen molar-refractivity contribution in [3.8, 4) is 0 Å². The lowest BCUT2D eigenvalue weighted by Crippen LogP contribution is -2.58. The summed E-state index contributed by atoms with van der Waals surface area (Å²) in [5.74, 6) is -5.30. The van der Waals surface area contributed by atoms with Crippen molar-refractivity contribution in [3.05, 3.63) is 77.5 Å². The summed E-state index contributed by atoms with van der Waals surface area (Å²) >= 11 is 0. The Morgan fingerprint density at radius 1 is 0.887 bits per heavy atom. The monoisotopic (exact) mass is 733 g/mol. The first-order chi connectivity index (χ1) is 25.1. The molecule has 0 saturated heterocycles. The van der Waals surface area contributed by atoms with E-state index >= 15 is 0 Å². The minimum Gasteiger partial charge on any atom is -0.467 e. The summed E-state index contributed by atoms with van der Waals surface area (Å²) in [6.45, 7) is 5.39. The number of para-hydroxylation sites is 1. The maximum absolute atomic E-state index is 13.8. The second-order valence-corrected chi connectivity index (χ2v) is 13.2. The Kier molecular flexibility index (Phi) is 13.3. The first-order valence-corrected chi connectivity index (χ1v) is 16.8. The normalized spacial score (nSPS) is 20.9. The number of fused-ring (bicyclic) bond motifs is 3. The Bertz CT molecular complexity index is 1870. The molecular weight excluding hydrogens is 690 g/mol. The van der Waals surface area contributed by atoms with E-state index in [1.807, 2.05) is 0 Å². The smallest absolute Gasteiger partial charge is 0.408 e. The fourth-order valence-electron chi connectivity index (χ4n) is 5.24. The number of hydrogen-bond acceptors (Lipinski definition) is 11. The highest BCUT2D eigenvalue weighted by atomic mass is 16.6. The molecule has 282 valence electrons. The first-order valence-electron chi connectivity index (χ1n) is 16.8. The molecule has 53 heavy (non-hydrogen) atoms. The molecule has 16 nitrogen and oxygen atoms in total. The summed E-state index contributed by atoms with van der Waals surface area (Å²) < 4.78 is 20.9. The number of benzene rings is 2. The highest BCUT2D eigenvalue weighted by Crippen LogP contribution is 2.25. The molecule has 4 atom stereocenters. The number of carbonyl (C=O) groups excluding carboxylic acids is 7. The molecule has 2 aromatic carbocycles. The van der Waals surface area contributed by atoms with Crippen molar-refractivity contribution in [2.45, 2.75) is 76.9 Å². The molecular formula is C37H43N5O11. The topological polar surface area (TPSA) is 220 Å². The summed E-state index contributed by atoms with van der Waals surface area (Å²) in [7, 11) is 1.14. The van der Waals surface area contributed by atoms with Crippen molar-refractivity contribution in [3.63, 3.8) is 0 Å². The Labute approximate surface area is 305 Å². The summed E-state index contributed by atoms with van der Waals surface area (Å²) in [4.78, 5) is 95.3. The second kappa shape index (κ2) is 17.8. The number of methoxy groups -OCH3 is 1. The SMILES string of the molecule is COC(=O)[C@@H]1Cc2c([nH]c3ccccc23)/C=C/C(=O)OC[C@H](NC(=O)OC(C)(C)C)C(=O)N[C@@H](C)C(=O)N[C@@H](CC(=O)OCc2ccccc2)C(=O)N1. The number of hydrogen-bond donors (Lipinski definition) is 5. The third-order valence-electron chi connectivity index (χ3n) is 7.84. The van der Waals surface area contributed by atoms with Crippen LogP contribution in [0.3, 0.4) is 0 Å². The van der Waals surface area contributed by atoms with E-state index in [4.69, 9.17) is 18.9 Å². The zero-order valence-electron chi connectivity index (χ0n) is 30.0. The molecule has 1 aromatic heterocycles. The molecule has 1 aliphatic rings. The van der Waals surface area contributed by atoms with E-state index in [2.05, 4.69) is 26.3 Å². The van der Waals surface area contributed by atoms with Gasteiger partial charge in [0.05, 0.1) is 13.5 Å². The van der Waals surface area contributed by atoms with E-state index in [0.29, 0.717) is 27.7 Å². The van der Waals surface area contributed by atoms with E-state index in [1.165, 1.54) is 13.0 Å². The van der Waals surface area contributed by atoms with Gasteiger partial charge in [-0.25, -0.2) is 14.4 Å². The fraction of sp³-hybridized carbons (Fsp3) is 0.378. The minimum absolute atomic E-state index is 0.104. The number of cyclic esters (lactones) is 1. The zero-order chi connectivity index (χ0) is 38.7. The number of H-pyrrole nitrogens is 1. The Morgan fingerprint density at radius 3 is 2.28 bits per heavy atom. The molecule has 0 radical (unpaired) electrons. The lowest BCUT2D eigenvalue weighted by atomic mass is 10.0. The largest absolute Gasteiger partial charge is 0.467 e. The third-order valence-corrected chi connectivity index (χ3v) is 7.84. The van der Waals surface area contributed by atoms with Gasteiger partial charge in [0.15, 0.2) is 0 Å². The number of ether oxygens (including phenoxy) is 4. The number of rotatable bonds is 6. The Hall–Kier alpha value is -6.19. The first kappa shape index (κ1) is 39.6. The van der Waals surface area contributed by atoms with Gasteiger partial charge in [-0.1, -0.05) is 48.5 Å². The van der Waals surface area contributed by atoms with Gasteiger partial charge in [0.2, 0.25) is 17.7 Å². The summed E-state index contributed by atoms with van der Waals surface area (Å²) in [5, 5.41) is 10.5. The number of nitrogens with one attached hydrogen (secondary N) is 5. The van der Waals surface area contributed by atoms with Gasteiger partial charge in [-0.3, -0.25) is 19.2 Å². The number of aromatic amines is 1. The number of amides is 4. The van der Waals surface area contributed by atoms with Crippen LogP contribution in [0, 0.1) is 0 Å². The summed E-state index contributed by atoms with van der Waals surface area (Å²) in [6, 6.07) is 10.1. The molecule has 3 aromatic rings. The maximum atomic E-state index is 13.8. The van der Waals surface area contributed by atoms with E-state index in [-0.39, 0.29) is 13.0 Å². The number of alkyl carbamates (subject to hydrolysis) is 1. The molecule has 0 aliphatic carbocycles. The van der Waals surface area contributed by atoms with Gasteiger partial charge >= 0.3 is 24.0 Å². The highest BCUT2D eigenvalue weighted by Gasteiger charge is 2.33. The molecule has 4 rings (SSSR count). The predicted molar refractivity (Wildman–Crippen MR) is 189 cm³/mol. The van der Waals surface area contributed by atoms with Crippen LogP contribution in [-0.4, -0.2) is 90.2 Å². The molecule has 0 unspecified atom stereocenters. The van der Waals surface area contributed by atoms with Crippen molar-refractivity contribution in [2.75, 3.05) is 13.7 Å². The van der Waals surface area contributed by atoms with Crippen LogP contribution in [0.2, 0.25) is 0 Å². The lowest BCUT2D eigenvalue weighted by Gasteiger charge is -2.25. The van der Waals surface area contributed by atoms with Crippen molar-refractivity contribution in [1.82, 2.24) is 26.3 Å². The average molecular weight is 734 g/mol. The van der Waals surface area contributed by atoms with Gasteiger partial charge in [0, 0.05) is 29.1 Å². The van der Waals surface area contributed by atoms with Gasteiger partial charge in [-0.05, 0) is 51.0 Å². The van der Waals surface area contributed by atoms with Crippen molar-refractivity contribution < 1.29 is 52.5 Å². The second-order valence-electron chi connectivity index (χ2n) is 13.2. The molecule has 0 saturated carbocycles. The van der Waals surface area contributed by atoms with Gasteiger partial charge in [-0.15, -0.1) is 0 Å². The van der Waals surface area contributed by atoms with Gasteiger partial charge < -0.3 is 45.2 Å². The van der Waals surface area contributed by atoms with Crippen molar-refractivity contribution in [1.29, 1.82) is 0 Å². The van der Waals surface area contributed by atoms with E-state index in [9.17, 15) is 33.6 Å². The van der Waals surface area contributed by atoms with E-state index < -0.39 is 84.5 Å². The molecule has 1 aliphatic heterocycles. The van der Waals surface area contributed by atoms with Crippen molar-refractivity contribution >= 4 is 58.7 Å². The molecule has 0 fully saturated rings. The van der Waals surface area contributed by atoms with Crippen LogP contribution in [0.1, 0.15) is 50.9 Å². The van der Waals surface area contributed by atoms with Crippen LogP contribution in [0.4, 0.5) is 4.79 Å². The van der Waals surface area contributed by atoms with Gasteiger partial charge in [0.1, 0.15) is 43.0 Å². The molecule has 0 bridgehead atoms. The van der Waals surface area contributed by atoms with Crippen molar-refractivity contribution in [2.24, 2.45) is 0 Å². The Balaban J connectivity index is 1.70. The standard InChI is InChI=1S/C37H43N5O11/c1-21-32(45)40-27(18-31(44)51-19-22-11-7-6-8-12-22)33(46)41-28(35(48)50-5)17-24-23-13-9-10-14-25(23)39-26(24)15-16-30(43)52-20-29(34(47)38-21)42-36(49)53-37(2,3)4/h6-16,21,27-29,39H,17-20H2,1-5H3,(H,38,47)(H,40,45)(H,41,46)(H,42,49)/b16-15+/t21-,27-,28-,29-/m0/s1. The lowest BCUT2D eigenvalue weighted by molar-refractivity contribution is -0.148. The van der Waals surface area contributed by atoms with E-state index in [1.54, 1.807) is 75.4 Å². The van der Waals surface area contributed by atoms with E-state index in [0.717, 1.165) is 13.2 Å². The van der Waals surface area contributed by atoms with Crippen LogP contribution < -0.4 is 21.3 Å². The summed E-state index contributed by atoms with van der Waals surface area (Å²) in [6.07, 6.45) is 0.723.